The zero-order chi connectivity index (χ0) is 24.2. The number of carbonyl (C=O) groups is 2. The summed E-state index contributed by atoms with van der Waals surface area (Å²) in [6.45, 7) is 4.55. The molecule has 0 unspecified atom stereocenters. The molecular weight excluding hydrogens is 473 g/mol. The first kappa shape index (κ1) is 24.6. The smallest absolute Gasteiger partial charge is 0.318 e. The SMILES string of the molecule is Cc1ccc(C2CCN(C(=O)[C@@H](Cc3ccc(Cl)cc3Cl)NC(=O)N3CCCC3)CC2)c(N)n1. The molecule has 2 aliphatic rings. The van der Waals surface area contributed by atoms with Gasteiger partial charge in [0.15, 0.2) is 0 Å². The molecule has 9 heteroatoms. The fourth-order valence-corrected chi connectivity index (χ4v) is 5.32. The third-order valence-electron chi connectivity index (χ3n) is 6.77. The monoisotopic (exact) mass is 503 g/mol. The van der Waals surface area contributed by atoms with Gasteiger partial charge in [-0.2, -0.15) is 0 Å². The highest BCUT2D eigenvalue weighted by molar-refractivity contribution is 6.35. The van der Waals surface area contributed by atoms with Gasteiger partial charge in [0.25, 0.3) is 0 Å². The molecule has 34 heavy (non-hydrogen) atoms. The van der Waals surface area contributed by atoms with Crippen LogP contribution in [0.2, 0.25) is 10.0 Å². The summed E-state index contributed by atoms with van der Waals surface area (Å²) in [5.74, 6) is 0.741. The number of nitrogens with two attached hydrogens (primary N) is 1. The van der Waals surface area contributed by atoms with Gasteiger partial charge in [0.1, 0.15) is 11.9 Å². The van der Waals surface area contributed by atoms with E-state index in [1.165, 1.54) is 0 Å². The molecule has 2 fully saturated rings. The molecule has 1 aromatic heterocycles. The maximum Gasteiger partial charge on any atom is 0.318 e. The number of urea groups is 1. The number of anilines is 1. The maximum absolute atomic E-state index is 13.6. The van der Waals surface area contributed by atoms with E-state index in [2.05, 4.69) is 10.3 Å². The van der Waals surface area contributed by atoms with Crippen molar-refractivity contribution in [2.24, 2.45) is 0 Å². The highest BCUT2D eigenvalue weighted by atomic mass is 35.5. The van der Waals surface area contributed by atoms with Gasteiger partial charge in [-0.3, -0.25) is 4.79 Å². The fourth-order valence-electron chi connectivity index (χ4n) is 4.83. The van der Waals surface area contributed by atoms with E-state index >= 15 is 0 Å². The summed E-state index contributed by atoms with van der Waals surface area (Å²) in [6, 6.07) is 8.34. The van der Waals surface area contributed by atoms with Crippen molar-refractivity contribution in [2.75, 3.05) is 31.9 Å². The quantitative estimate of drug-likeness (QED) is 0.632. The van der Waals surface area contributed by atoms with Crippen LogP contribution in [0.25, 0.3) is 0 Å². The van der Waals surface area contributed by atoms with Gasteiger partial charge in [-0.1, -0.05) is 35.3 Å². The number of amides is 3. The average molecular weight is 504 g/mol. The lowest BCUT2D eigenvalue weighted by molar-refractivity contribution is -0.134. The van der Waals surface area contributed by atoms with Crippen molar-refractivity contribution < 1.29 is 9.59 Å². The third kappa shape index (κ3) is 5.76. The number of pyridine rings is 1. The van der Waals surface area contributed by atoms with Crippen LogP contribution in [0, 0.1) is 6.92 Å². The van der Waals surface area contributed by atoms with Gasteiger partial charge in [0.05, 0.1) is 0 Å². The topological polar surface area (TPSA) is 91.6 Å². The van der Waals surface area contributed by atoms with Gasteiger partial charge in [-0.15, -0.1) is 0 Å². The van der Waals surface area contributed by atoms with Gasteiger partial charge in [-0.25, -0.2) is 9.78 Å². The molecule has 0 bridgehead atoms. The second kappa shape index (κ2) is 10.8. The van der Waals surface area contributed by atoms with Crippen molar-refractivity contribution in [1.82, 2.24) is 20.1 Å². The van der Waals surface area contributed by atoms with Gasteiger partial charge < -0.3 is 20.9 Å². The summed E-state index contributed by atoms with van der Waals surface area (Å²) >= 11 is 12.4. The van der Waals surface area contributed by atoms with E-state index in [0.29, 0.717) is 48.5 Å². The molecule has 4 rings (SSSR count). The molecule has 7 nitrogen and oxygen atoms in total. The summed E-state index contributed by atoms with van der Waals surface area (Å²) < 4.78 is 0. The number of nitrogens with zero attached hydrogens (tertiary/aromatic N) is 3. The van der Waals surface area contributed by atoms with Crippen molar-refractivity contribution in [3.05, 3.63) is 57.2 Å². The second-order valence-corrected chi connectivity index (χ2v) is 10.0. The number of aromatic nitrogens is 1. The minimum absolute atomic E-state index is 0.0907. The zero-order valence-corrected chi connectivity index (χ0v) is 20.9. The number of aryl methyl sites for hydroxylation is 1. The lowest BCUT2D eigenvalue weighted by Gasteiger charge is -2.35. The van der Waals surface area contributed by atoms with Gasteiger partial charge in [0.2, 0.25) is 5.91 Å². The molecule has 2 aliphatic heterocycles. The largest absolute Gasteiger partial charge is 0.383 e. The minimum Gasteiger partial charge on any atom is -0.383 e. The molecule has 3 heterocycles. The van der Waals surface area contributed by atoms with E-state index < -0.39 is 6.04 Å². The summed E-state index contributed by atoms with van der Waals surface area (Å²) in [4.78, 5) is 34.4. The number of halogens is 2. The molecule has 1 atom stereocenters. The van der Waals surface area contributed by atoms with Crippen LogP contribution in [-0.4, -0.2) is 58.9 Å². The van der Waals surface area contributed by atoms with Crippen LogP contribution < -0.4 is 11.1 Å². The first-order chi connectivity index (χ1) is 16.3. The Labute approximate surface area is 210 Å². The number of likely N-dealkylation sites (tertiary alicyclic amines) is 2. The van der Waals surface area contributed by atoms with E-state index in [9.17, 15) is 9.59 Å². The zero-order valence-electron chi connectivity index (χ0n) is 19.4. The molecule has 0 radical (unpaired) electrons. The Morgan fingerprint density at radius 2 is 1.79 bits per heavy atom. The van der Waals surface area contributed by atoms with Crippen LogP contribution >= 0.6 is 23.2 Å². The van der Waals surface area contributed by atoms with E-state index in [-0.39, 0.29) is 17.9 Å². The van der Waals surface area contributed by atoms with Crippen molar-refractivity contribution in [3.63, 3.8) is 0 Å². The van der Waals surface area contributed by atoms with Crippen LogP contribution in [0.4, 0.5) is 10.6 Å². The molecule has 0 saturated carbocycles. The molecule has 0 spiro atoms. The van der Waals surface area contributed by atoms with Crippen molar-refractivity contribution in [3.8, 4) is 0 Å². The first-order valence-electron chi connectivity index (χ1n) is 11.8. The Bertz CT molecular complexity index is 1050. The highest BCUT2D eigenvalue weighted by Crippen LogP contribution is 2.31. The van der Waals surface area contributed by atoms with Gasteiger partial charge in [0, 0.05) is 48.3 Å². The van der Waals surface area contributed by atoms with Crippen molar-refractivity contribution in [1.29, 1.82) is 0 Å². The lowest BCUT2D eigenvalue weighted by atomic mass is 9.89. The van der Waals surface area contributed by atoms with E-state index in [0.717, 1.165) is 42.5 Å². The fraction of sp³-hybridized carbons (Fsp3) is 0.480. The molecule has 2 saturated heterocycles. The van der Waals surface area contributed by atoms with Gasteiger partial charge in [-0.05, 0) is 67.9 Å². The molecule has 182 valence electrons. The summed E-state index contributed by atoms with van der Waals surface area (Å²) in [5.41, 5.74) is 8.87. The highest BCUT2D eigenvalue weighted by Gasteiger charge is 2.32. The van der Waals surface area contributed by atoms with Crippen LogP contribution in [0.5, 0.6) is 0 Å². The van der Waals surface area contributed by atoms with Crippen LogP contribution in [0.1, 0.15) is 48.4 Å². The number of carbonyl (C=O) groups excluding carboxylic acids is 2. The van der Waals surface area contributed by atoms with Crippen LogP contribution in [-0.2, 0) is 11.2 Å². The summed E-state index contributed by atoms with van der Waals surface area (Å²) in [7, 11) is 0. The minimum atomic E-state index is -0.700. The van der Waals surface area contributed by atoms with Crippen LogP contribution in [0.3, 0.4) is 0 Å². The van der Waals surface area contributed by atoms with E-state index in [4.69, 9.17) is 28.9 Å². The Kier molecular flexibility index (Phi) is 7.84. The first-order valence-corrected chi connectivity index (χ1v) is 12.6. The molecule has 3 N–H and O–H groups in total. The number of piperidine rings is 1. The predicted octanol–water partition coefficient (Wildman–Crippen LogP) is 4.40. The number of nitrogen functional groups attached to an aromatic ring is 1. The number of hydrogen-bond acceptors (Lipinski definition) is 4. The van der Waals surface area contributed by atoms with E-state index in [1.807, 2.05) is 30.0 Å². The number of nitrogens with one attached hydrogen (secondary N) is 1. The molecular formula is C25H31Cl2N5O2. The number of rotatable bonds is 5. The Morgan fingerprint density at radius 1 is 1.09 bits per heavy atom. The van der Waals surface area contributed by atoms with Crippen LogP contribution in [0.15, 0.2) is 30.3 Å². The maximum atomic E-state index is 13.6. The van der Waals surface area contributed by atoms with Crippen molar-refractivity contribution in [2.45, 2.75) is 51.0 Å². The number of hydrogen-bond donors (Lipinski definition) is 2. The lowest BCUT2D eigenvalue weighted by Crippen LogP contribution is -2.54. The normalized spacial score (nSPS) is 17.6. The van der Waals surface area contributed by atoms with Gasteiger partial charge >= 0.3 is 6.03 Å². The van der Waals surface area contributed by atoms with Crippen molar-refractivity contribution >= 4 is 41.0 Å². The Morgan fingerprint density at radius 3 is 2.44 bits per heavy atom. The Balaban J connectivity index is 1.46. The second-order valence-electron chi connectivity index (χ2n) is 9.16. The molecule has 2 aromatic rings. The number of benzene rings is 1. The average Bonchev–Trinajstić information content (AvgIpc) is 3.35. The predicted molar refractivity (Wildman–Crippen MR) is 135 cm³/mol. The standard InChI is InChI=1S/C25H31Cl2N5O2/c1-16-4-7-20(23(28)29-16)17-8-12-31(13-9-17)24(33)22(30-25(34)32-10-2-3-11-32)14-18-5-6-19(26)15-21(18)27/h4-7,15,17,22H,2-3,8-14H2,1H3,(H2,28,29)(H,30,34)/t22-/m1/s1. The summed E-state index contributed by atoms with van der Waals surface area (Å²) in [6.07, 6.45) is 3.88. The molecule has 0 aliphatic carbocycles. The third-order valence-corrected chi connectivity index (χ3v) is 7.36. The molecule has 3 amide bonds. The molecule has 1 aromatic carbocycles. The summed E-state index contributed by atoms with van der Waals surface area (Å²) in [5, 5.41) is 4.00. The van der Waals surface area contributed by atoms with E-state index in [1.54, 1.807) is 17.0 Å². The Hall–Kier alpha value is -2.51.